The Morgan fingerprint density at radius 1 is 0.682 bits per heavy atom. The van der Waals surface area contributed by atoms with E-state index < -0.39 is 11.7 Å². The van der Waals surface area contributed by atoms with Crippen molar-refractivity contribution >= 4 is 22.9 Å². The van der Waals surface area contributed by atoms with Gasteiger partial charge < -0.3 is 0 Å². The van der Waals surface area contributed by atoms with Crippen LogP contribution in [0.2, 0.25) is 0 Å². The fourth-order valence-electron chi connectivity index (χ4n) is 2.37. The van der Waals surface area contributed by atoms with Crippen molar-refractivity contribution < 1.29 is 13.2 Å². The molecule has 0 bridgehead atoms. The molecule has 0 heterocycles. The Hall–Kier alpha value is -2.55. The number of benzene rings is 3. The standard InChI is InChI=1S/C19H13F3/c20-19(21,22)17-12-9-14(10-13-17)8-11-16-6-3-5-15-4-1-2-7-18(15)16/h1-13H/b11-8+. The summed E-state index contributed by atoms with van der Waals surface area (Å²) in [6.45, 7) is 0. The van der Waals surface area contributed by atoms with Gasteiger partial charge in [-0.15, -0.1) is 0 Å². The molecule has 3 aromatic carbocycles. The number of halogens is 3. The van der Waals surface area contributed by atoms with Gasteiger partial charge in [-0.2, -0.15) is 13.2 Å². The van der Waals surface area contributed by atoms with Crippen molar-refractivity contribution in [1.29, 1.82) is 0 Å². The highest BCUT2D eigenvalue weighted by Gasteiger charge is 2.29. The molecule has 3 rings (SSSR count). The van der Waals surface area contributed by atoms with E-state index in [1.165, 1.54) is 12.1 Å². The quantitative estimate of drug-likeness (QED) is 0.507. The molecule has 3 heteroatoms. The second-order valence-electron chi connectivity index (χ2n) is 5.02. The lowest BCUT2D eigenvalue weighted by atomic mass is 10.0. The summed E-state index contributed by atoms with van der Waals surface area (Å²) >= 11 is 0. The molecule has 0 fully saturated rings. The van der Waals surface area contributed by atoms with Gasteiger partial charge in [0.25, 0.3) is 0 Å². The van der Waals surface area contributed by atoms with E-state index in [4.69, 9.17) is 0 Å². The highest BCUT2D eigenvalue weighted by molar-refractivity contribution is 5.92. The third-order valence-electron chi connectivity index (χ3n) is 3.52. The molecular formula is C19H13F3. The summed E-state index contributed by atoms with van der Waals surface area (Å²) in [5, 5.41) is 2.25. The average Bonchev–Trinajstić information content (AvgIpc) is 2.52. The molecule has 0 radical (unpaired) electrons. The minimum atomic E-state index is -4.29. The minimum Gasteiger partial charge on any atom is -0.166 e. The van der Waals surface area contributed by atoms with E-state index >= 15 is 0 Å². The predicted molar refractivity (Wildman–Crippen MR) is 84.3 cm³/mol. The van der Waals surface area contributed by atoms with Crippen LogP contribution < -0.4 is 0 Å². The van der Waals surface area contributed by atoms with Crippen LogP contribution in [0.15, 0.2) is 66.7 Å². The summed E-state index contributed by atoms with van der Waals surface area (Å²) in [5.41, 5.74) is 1.15. The smallest absolute Gasteiger partial charge is 0.166 e. The molecule has 0 nitrogen and oxygen atoms in total. The summed E-state index contributed by atoms with van der Waals surface area (Å²) in [7, 11) is 0. The number of hydrogen-bond donors (Lipinski definition) is 0. The van der Waals surface area contributed by atoms with Crippen LogP contribution in [0.5, 0.6) is 0 Å². The highest BCUT2D eigenvalue weighted by Crippen LogP contribution is 2.29. The molecular weight excluding hydrogens is 285 g/mol. The first-order valence-corrected chi connectivity index (χ1v) is 6.87. The molecule has 0 aliphatic rings. The van der Waals surface area contributed by atoms with Crippen LogP contribution in [0.3, 0.4) is 0 Å². The van der Waals surface area contributed by atoms with Crippen molar-refractivity contribution in [2.75, 3.05) is 0 Å². The molecule has 0 aliphatic carbocycles. The molecule has 0 spiro atoms. The topological polar surface area (TPSA) is 0 Å². The normalized spacial score (nSPS) is 12.1. The largest absolute Gasteiger partial charge is 0.416 e. The summed E-state index contributed by atoms with van der Waals surface area (Å²) in [6.07, 6.45) is -0.551. The number of rotatable bonds is 2. The molecule has 0 unspecified atom stereocenters. The van der Waals surface area contributed by atoms with Gasteiger partial charge in [0.2, 0.25) is 0 Å². The summed E-state index contributed by atoms with van der Waals surface area (Å²) in [4.78, 5) is 0. The van der Waals surface area contributed by atoms with Crippen LogP contribution in [0.1, 0.15) is 16.7 Å². The van der Waals surface area contributed by atoms with E-state index in [1.807, 2.05) is 54.6 Å². The monoisotopic (exact) mass is 298 g/mol. The first-order chi connectivity index (χ1) is 10.5. The third kappa shape index (κ3) is 3.03. The lowest BCUT2D eigenvalue weighted by molar-refractivity contribution is -0.137. The van der Waals surface area contributed by atoms with E-state index in [0.717, 1.165) is 34.0 Å². The van der Waals surface area contributed by atoms with Crippen molar-refractivity contribution in [3.05, 3.63) is 83.4 Å². The molecule has 0 saturated heterocycles. The minimum absolute atomic E-state index is 0.630. The number of hydrogen-bond acceptors (Lipinski definition) is 0. The van der Waals surface area contributed by atoms with Gasteiger partial charge in [0.15, 0.2) is 0 Å². The van der Waals surface area contributed by atoms with Gasteiger partial charge >= 0.3 is 6.18 Å². The van der Waals surface area contributed by atoms with Crippen molar-refractivity contribution in [2.24, 2.45) is 0 Å². The van der Waals surface area contributed by atoms with Crippen LogP contribution in [0.25, 0.3) is 22.9 Å². The Bertz CT molecular complexity index is 807. The van der Waals surface area contributed by atoms with E-state index in [-0.39, 0.29) is 0 Å². The van der Waals surface area contributed by atoms with E-state index in [0.29, 0.717) is 0 Å². The maximum atomic E-state index is 12.5. The zero-order chi connectivity index (χ0) is 15.6. The summed E-state index contributed by atoms with van der Waals surface area (Å²) < 4.78 is 37.6. The third-order valence-corrected chi connectivity index (χ3v) is 3.52. The zero-order valence-corrected chi connectivity index (χ0v) is 11.6. The van der Waals surface area contributed by atoms with Gasteiger partial charge in [0, 0.05) is 0 Å². The SMILES string of the molecule is FC(F)(F)c1ccc(/C=C/c2cccc3ccccc23)cc1. The van der Waals surface area contributed by atoms with Crippen LogP contribution in [0, 0.1) is 0 Å². The van der Waals surface area contributed by atoms with Gasteiger partial charge in [0.05, 0.1) is 5.56 Å². The van der Waals surface area contributed by atoms with Crippen LogP contribution in [-0.2, 0) is 6.18 Å². The Labute approximate surface area is 126 Å². The van der Waals surface area contributed by atoms with Gasteiger partial charge in [-0.3, -0.25) is 0 Å². The predicted octanol–water partition coefficient (Wildman–Crippen LogP) is 6.03. The first-order valence-electron chi connectivity index (χ1n) is 6.87. The second kappa shape index (κ2) is 5.68. The Balaban J connectivity index is 1.90. The van der Waals surface area contributed by atoms with E-state index in [9.17, 15) is 13.2 Å². The average molecular weight is 298 g/mol. The molecule has 0 atom stereocenters. The van der Waals surface area contributed by atoms with Crippen molar-refractivity contribution in [3.63, 3.8) is 0 Å². The van der Waals surface area contributed by atoms with Gasteiger partial charge in [0.1, 0.15) is 0 Å². The Morgan fingerprint density at radius 2 is 1.36 bits per heavy atom. The van der Waals surface area contributed by atoms with Crippen molar-refractivity contribution in [3.8, 4) is 0 Å². The highest BCUT2D eigenvalue weighted by atomic mass is 19.4. The lowest BCUT2D eigenvalue weighted by Gasteiger charge is -2.06. The Morgan fingerprint density at radius 3 is 2.09 bits per heavy atom. The summed E-state index contributed by atoms with van der Waals surface area (Å²) in [5.74, 6) is 0. The lowest BCUT2D eigenvalue weighted by Crippen LogP contribution is -2.03. The molecule has 0 aromatic heterocycles. The maximum Gasteiger partial charge on any atom is 0.416 e. The van der Waals surface area contributed by atoms with Crippen LogP contribution >= 0.6 is 0 Å². The molecule has 0 amide bonds. The number of alkyl halides is 3. The van der Waals surface area contributed by atoms with E-state index in [2.05, 4.69) is 0 Å². The number of fused-ring (bicyclic) bond motifs is 1. The summed E-state index contributed by atoms with van der Waals surface area (Å²) in [6, 6.07) is 19.2. The second-order valence-corrected chi connectivity index (χ2v) is 5.02. The molecule has 22 heavy (non-hydrogen) atoms. The first kappa shape index (κ1) is 14.4. The van der Waals surface area contributed by atoms with Gasteiger partial charge in [-0.25, -0.2) is 0 Å². The molecule has 0 aliphatic heterocycles. The zero-order valence-electron chi connectivity index (χ0n) is 11.6. The van der Waals surface area contributed by atoms with Crippen LogP contribution in [-0.4, -0.2) is 0 Å². The van der Waals surface area contributed by atoms with Gasteiger partial charge in [-0.05, 0) is 34.0 Å². The molecule has 110 valence electrons. The molecule has 0 N–H and O–H groups in total. The fraction of sp³-hybridized carbons (Fsp3) is 0.0526. The van der Waals surface area contributed by atoms with Crippen molar-refractivity contribution in [2.45, 2.75) is 6.18 Å². The van der Waals surface area contributed by atoms with Crippen molar-refractivity contribution in [1.82, 2.24) is 0 Å². The van der Waals surface area contributed by atoms with E-state index in [1.54, 1.807) is 0 Å². The maximum absolute atomic E-state index is 12.5. The van der Waals surface area contributed by atoms with Gasteiger partial charge in [-0.1, -0.05) is 66.7 Å². The molecule has 0 saturated carbocycles. The van der Waals surface area contributed by atoms with Crippen LogP contribution in [0.4, 0.5) is 13.2 Å². The molecule has 3 aromatic rings. The Kier molecular flexibility index (Phi) is 3.72. The fourth-order valence-corrected chi connectivity index (χ4v) is 2.37.